The zero-order chi connectivity index (χ0) is 18.5. The molecule has 0 aliphatic heterocycles. The van der Waals surface area contributed by atoms with Gasteiger partial charge in [0.15, 0.2) is 5.16 Å². The van der Waals surface area contributed by atoms with Gasteiger partial charge in [0.05, 0.1) is 13.0 Å². The van der Waals surface area contributed by atoms with Crippen LogP contribution in [0.3, 0.4) is 0 Å². The average Bonchev–Trinajstić information content (AvgIpc) is 2.57. The third-order valence-electron chi connectivity index (χ3n) is 4.02. The normalized spacial score (nSPS) is 10.8. The van der Waals surface area contributed by atoms with E-state index in [9.17, 15) is 9.59 Å². The predicted molar refractivity (Wildman–Crippen MR) is 103 cm³/mol. The van der Waals surface area contributed by atoms with Crippen LogP contribution < -0.4 is 5.56 Å². The van der Waals surface area contributed by atoms with E-state index in [1.54, 1.807) is 18.7 Å². The Morgan fingerprint density at radius 3 is 2.44 bits per heavy atom. The molecule has 0 aliphatic rings. The molecule has 0 aliphatic carbocycles. The molecule has 1 heterocycles. The Hall–Kier alpha value is -1.30. The number of carbonyl (C=O) groups excluding carboxylic acids is 1. The molecule has 0 amide bonds. The van der Waals surface area contributed by atoms with Gasteiger partial charge in [-0.3, -0.25) is 9.59 Å². The second-order valence-electron chi connectivity index (χ2n) is 6.30. The quantitative estimate of drug-likeness (QED) is 0.241. The first kappa shape index (κ1) is 21.7. The molecule has 0 radical (unpaired) electrons. The van der Waals surface area contributed by atoms with Crippen LogP contribution in [0.5, 0.6) is 0 Å². The van der Waals surface area contributed by atoms with Gasteiger partial charge in [-0.2, -0.15) is 0 Å². The van der Waals surface area contributed by atoms with Crippen molar-refractivity contribution in [1.29, 1.82) is 0 Å². The van der Waals surface area contributed by atoms with Crippen molar-refractivity contribution in [2.24, 2.45) is 0 Å². The maximum Gasteiger partial charge on any atom is 0.310 e. The number of aromatic amines is 1. The van der Waals surface area contributed by atoms with Crippen LogP contribution in [-0.4, -0.2) is 28.3 Å². The fourth-order valence-electron chi connectivity index (χ4n) is 2.44. The van der Waals surface area contributed by atoms with E-state index in [0.29, 0.717) is 23.0 Å². The Labute approximate surface area is 155 Å². The number of hydrogen-bond donors (Lipinski definition) is 1. The van der Waals surface area contributed by atoms with E-state index in [1.807, 2.05) is 6.92 Å². The molecule has 0 atom stereocenters. The van der Waals surface area contributed by atoms with Gasteiger partial charge in [-0.1, -0.05) is 64.1 Å². The molecular weight excluding hydrogens is 336 g/mol. The highest BCUT2D eigenvalue weighted by molar-refractivity contribution is 7.99. The lowest BCUT2D eigenvalue weighted by molar-refractivity contribution is -0.142. The van der Waals surface area contributed by atoms with Gasteiger partial charge in [0.2, 0.25) is 0 Å². The number of H-pyrrole nitrogens is 1. The van der Waals surface area contributed by atoms with Crippen molar-refractivity contribution < 1.29 is 9.53 Å². The summed E-state index contributed by atoms with van der Waals surface area (Å²) in [5, 5.41) is 0.638. The molecule has 6 heteroatoms. The number of ether oxygens (including phenoxy) is 1. The summed E-state index contributed by atoms with van der Waals surface area (Å²) in [4.78, 5) is 31.2. The van der Waals surface area contributed by atoms with Gasteiger partial charge in [0.25, 0.3) is 5.56 Å². The molecule has 0 spiro atoms. The minimum absolute atomic E-state index is 0.0136. The summed E-state index contributed by atoms with van der Waals surface area (Å²) in [5.41, 5.74) is 0.789. The number of rotatable bonds is 13. The number of esters is 1. The lowest BCUT2D eigenvalue weighted by atomic mass is 10.1. The third kappa shape index (κ3) is 9.10. The summed E-state index contributed by atoms with van der Waals surface area (Å²) in [6.07, 6.45) is 9.29. The SMILES string of the molecule is CCCCCCCCSc1nc(C)c(CC(=O)OCCCC)c(=O)[nH]1. The summed E-state index contributed by atoms with van der Waals surface area (Å²) < 4.78 is 5.12. The topological polar surface area (TPSA) is 72.0 Å². The van der Waals surface area contributed by atoms with Crippen LogP contribution in [0.2, 0.25) is 0 Å². The highest BCUT2D eigenvalue weighted by Gasteiger charge is 2.13. The Morgan fingerprint density at radius 1 is 1.08 bits per heavy atom. The molecular formula is C19H32N2O3S. The summed E-state index contributed by atoms with van der Waals surface area (Å²) in [7, 11) is 0. The molecule has 1 aromatic rings. The maximum atomic E-state index is 12.2. The molecule has 0 saturated heterocycles. The molecule has 142 valence electrons. The van der Waals surface area contributed by atoms with E-state index in [0.717, 1.165) is 25.0 Å². The lowest BCUT2D eigenvalue weighted by Gasteiger charge is -2.07. The predicted octanol–water partition coefficient (Wildman–Crippen LogP) is 4.42. The van der Waals surface area contributed by atoms with Crippen LogP contribution in [0.4, 0.5) is 0 Å². The summed E-state index contributed by atoms with van der Waals surface area (Å²) in [5.74, 6) is 0.587. The van der Waals surface area contributed by atoms with Crippen LogP contribution in [0.25, 0.3) is 0 Å². The Morgan fingerprint density at radius 2 is 1.76 bits per heavy atom. The number of hydrogen-bond acceptors (Lipinski definition) is 5. The molecule has 25 heavy (non-hydrogen) atoms. The van der Waals surface area contributed by atoms with Gasteiger partial charge in [-0.15, -0.1) is 0 Å². The van der Waals surface area contributed by atoms with Gasteiger partial charge >= 0.3 is 5.97 Å². The first-order chi connectivity index (χ1) is 12.1. The smallest absolute Gasteiger partial charge is 0.310 e. The van der Waals surface area contributed by atoms with Crippen molar-refractivity contribution in [3.05, 3.63) is 21.6 Å². The fourth-order valence-corrected chi connectivity index (χ4v) is 3.35. The van der Waals surface area contributed by atoms with Crippen LogP contribution in [0.1, 0.15) is 76.5 Å². The number of nitrogens with one attached hydrogen (secondary N) is 1. The highest BCUT2D eigenvalue weighted by Crippen LogP contribution is 2.16. The minimum Gasteiger partial charge on any atom is -0.465 e. The molecule has 1 aromatic heterocycles. The van der Waals surface area contributed by atoms with Gasteiger partial charge < -0.3 is 9.72 Å². The number of carbonyl (C=O) groups is 1. The van der Waals surface area contributed by atoms with Gasteiger partial charge in [0.1, 0.15) is 0 Å². The van der Waals surface area contributed by atoms with E-state index < -0.39 is 0 Å². The molecule has 0 aromatic carbocycles. The van der Waals surface area contributed by atoms with E-state index in [1.165, 1.54) is 32.1 Å². The molecule has 0 fully saturated rings. The van der Waals surface area contributed by atoms with Crippen molar-refractivity contribution >= 4 is 17.7 Å². The van der Waals surface area contributed by atoms with Gasteiger partial charge in [0, 0.05) is 17.0 Å². The zero-order valence-corrected chi connectivity index (χ0v) is 16.7. The first-order valence-electron chi connectivity index (χ1n) is 9.46. The summed E-state index contributed by atoms with van der Waals surface area (Å²) in [6, 6.07) is 0. The van der Waals surface area contributed by atoms with Crippen molar-refractivity contribution in [1.82, 2.24) is 9.97 Å². The lowest BCUT2D eigenvalue weighted by Crippen LogP contribution is -2.21. The monoisotopic (exact) mass is 368 g/mol. The number of aryl methyl sites for hydroxylation is 1. The zero-order valence-electron chi connectivity index (χ0n) is 15.9. The van der Waals surface area contributed by atoms with Crippen molar-refractivity contribution in [3.8, 4) is 0 Å². The molecule has 5 nitrogen and oxygen atoms in total. The number of unbranched alkanes of at least 4 members (excludes halogenated alkanes) is 6. The highest BCUT2D eigenvalue weighted by atomic mass is 32.2. The molecule has 0 bridgehead atoms. The van der Waals surface area contributed by atoms with Crippen molar-refractivity contribution in [3.63, 3.8) is 0 Å². The molecule has 1 N–H and O–H groups in total. The van der Waals surface area contributed by atoms with Crippen molar-refractivity contribution in [2.75, 3.05) is 12.4 Å². The Balaban J connectivity index is 2.44. The van der Waals surface area contributed by atoms with Gasteiger partial charge in [-0.05, 0) is 19.8 Å². The van der Waals surface area contributed by atoms with Crippen LogP contribution in [0, 0.1) is 6.92 Å². The van der Waals surface area contributed by atoms with Crippen LogP contribution in [0.15, 0.2) is 9.95 Å². The molecule has 1 rings (SSSR count). The standard InChI is InChI=1S/C19H32N2O3S/c1-4-6-8-9-10-11-13-25-19-20-15(3)16(18(23)21-19)14-17(22)24-12-7-5-2/h4-14H2,1-3H3,(H,20,21,23). The maximum absolute atomic E-state index is 12.2. The van der Waals surface area contributed by atoms with E-state index in [2.05, 4.69) is 16.9 Å². The minimum atomic E-state index is -0.365. The summed E-state index contributed by atoms with van der Waals surface area (Å²) in [6.45, 7) is 6.44. The fraction of sp³-hybridized carbons (Fsp3) is 0.737. The second-order valence-corrected chi connectivity index (χ2v) is 7.39. The van der Waals surface area contributed by atoms with Crippen LogP contribution in [-0.2, 0) is 16.0 Å². The number of nitrogens with zero attached hydrogens (tertiary/aromatic N) is 1. The average molecular weight is 369 g/mol. The molecule has 0 saturated carbocycles. The second kappa shape index (κ2) is 13.0. The van der Waals surface area contributed by atoms with Gasteiger partial charge in [-0.25, -0.2) is 4.98 Å². The van der Waals surface area contributed by atoms with E-state index in [-0.39, 0.29) is 17.9 Å². The van der Waals surface area contributed by atoms with E-state index in [4.69, 9.17) is 4.74 Å². The van der Waals surface area contributed by atoms with Crippen molar-refractivity contribution in [2.45, 2.75) is 83.7 Å². The molecule has 0 unspecified atom stereocenters. The third-order valence-corrected chi connectivity index (χ3v) is 4.98. The largest absolute Gasteiger partial charge is 0.465 e. The van der Waals surface area contributed by atoms with Crippen LogP contribution >= 0.6 is 11.8 Å². The Bertz CT molecular complexity index is 572. The number of thioether (sulfide) groups is 1. The first-order valence-corrected chi connectivity index (χ1v) is 10.4. The summed E-state index contributed by atoms with van der Waals surface area (Å²) >= 11 is 1.57. The number of aromatic nitrogens is 2. The Kier molecular flexibility index (Phi) is 11.3. The van der Waals surface area contributed by atoms with E-state index >= 15 is 0 Å².